The highest BCUT2D eigenvalue weighted by atomic mass is 16.6. The van der Waals surface area contributed by atoms with Gasteiger partial charge in [-0.05, 0) is 19.1 Å². The summed E-state index contributed by atoms with van der Waals surface area (Å²) in [4.78, 5) is 44.2. The van der Waals surface area contributed by atoms with Crippen molar-refractivity contribution in [1.29, 1.82) is 0 Å². The molecule has 21 heavy (non-hydrogen) atoms. The summed E-state index contributed by atoms with van der Waals surface area (Å²) in [7, 11) is 1.11. The van der Waals surface area contributed by atoms with Gasteiger partial charge in [0.2, 0.25) is 0 Å². The van der Waals surface area contributed by atoms with E-state index in [2.05, 4.69) is 15.6 Å². The van der Waals surface area contributed by atoms with Gasteiger partial charge in [0.1, 0.15) is 0 Å². The molecule has 1 rings (SSSR count). The van der Waals surface area contributed by atoms with Crippen LogP contribution in [0.15, 0.2) is 24.3 Å². The van der Waals surface area contributed by atoms with Crippen molar-refractivity contribution in [1.82, 2.24) is 10.9 Å². The number of carbonyl (C=O) groups excluding carboxylic acids is 3. The van der Waals surface area contributed by atoms with E-state index in [1.165, 1.54) is 12.1 Å². The third kappa shape index (κ3) is 4.35. The number of hydrazine groups is 1. The molecule has 0 saturated heterocycles. The number of ketones is 1. The zero-order valence-corrected chi connectivity index (χ0v) is 11.3. The Hall–Kier alpha value is -2.81. The number of hydrogen-bond acceptors (Lipinski definition) is 7. The van der Waals surface area contributed by atoms with Gasteiger partial charge in [-0.25, -0.2) is 10.2 Å². The van der Waals surface area contributed by atoms with E-state index in [9.17, 15) is 24.5 Å². The first-order valence-electron chi connectivity index (χ1n) is 5.75. The first-order chi connectivity index (χ1) is 9.86. The van der Waals surface area contributed by atoms with E-state index in [0.717, 1.165) is 26.2 Å². The molecule has 0 aliphatic rings. The van der Waals surface area contributed by atoms with Gasteiger partial charge in [0, 0.05) is 17.7 Å². The molecule has 0 aliphatic heterocycles. The lowest BCUT2D eigenvalue weighted by Crippen LogP contribution is -2.51. The lowest BCUT2D eigenvalue weighted by atomic mass is 10.2. The summed E-state index contributed by atoms with van der Waals surface area (Å²) in [5, 5.41) is 10.5. The zero-order chi connectivity index (χ0) is 16.0. The van der Waals surface area contributed by atoms with Gasteiger partial charge in [-0.3, -0.25) is 25.1 Å². The summed E-state index contributed by atoms with van der Waals surface area (Å²) in [6, 6.07) is 3.50. The fraction of sp³-hybridized carbons (Fsp3) is 0.250. The van der Waals surface area contributed by atoms with E-state index in [1.54, 1.807) is 0 Å². The van der Waals surface area contributed by atoms with E-state index < -0.39 is 28.6 Å². The molecule has 0 bridgehead atoms. The highest BCUT2D eigenvalue weighted by molar-refractivity contribution is 6.02. The molecule has 1 unspecified atom stereocenters. The maximum Gasteiger partial charge on any atom is 0.332 e. The summed E-state index contributed by atoms with van der Waals surface area (Å²) in [6.07, 6.45) is 0. The van der Waals surface area contributed by atoms with E-state index in [-0.39, 0.29) is 11.3 Å². The van der Waals surface area contributed by atoms with Gasteiger partial charge >= 0.3 is 5.97 Å². The summed E-state index contributed by atoms with van der Waals surface area (Å²) >= 11 is 0. The number of Topliss-reactive ketones (excluding diaryl/α,β-unsaturated/α-hetero) is 1. The normalized spacial score (nSPS) is 11.3. The van der Waals surface area contributed by atoms with Gasteiger partial charge in [0.15, 0.2) is 11.8 Å². The van der Waals surface area contributed by atoms with Crippen molar-refractivity contribution in [3.05, 3.63) is 39.9 Å². The molecular weight excluding hydrogens is 282 g/mol. The molecule has 0 aliphatic carbocycles. The van der Waals surface area contributed by atoms with Crippen LogP contribution in [-0.4, -0.2) is 35.7 Å². The summed E-state index contributed by atoms with van der Waals surface area (Å²) < 4.78 is 4.41. The van der Waals surface area contributed by atoms with Crippen molar-refractivity contribution >= 4 is 23.3 Å². The minimum absolute atomic E-state index is 0.125. The highest BCUT2D eigenvalue weighted by Gasteiger charge is 2.24. The van der Waals surface area contributed by atoms with Crippen molar-refractivity contribution in [2.45, 2.75) is 13.0 Å². The van der Waals surface area contributed by atoms with Crippen molar-refractivity contribution in [3.63, 3.8) is 0 Å². The molecule has 9 heteroatoms. The third-order valence-corrected chi connectivity index (χ3v) is 2.51. The Morgan fingerprint density at radius 2 is 1.81 bits per heavy atom. The molecule has 0 saturated carbocycles. The summed E-state index contributed by atoms with van der Waals surface area (Å²) in [5.74, 6) is -2.03. The third-order valence-electron chi connectivity index (χ3n) is 2.51. The molecule has 9 nitrogen and oxygen atoms in total. The molecule has 0 spiro atoms. The molecule has 0 fully saturated rings. The predicted molar refractivity (Wildman–Crippen MR) is 70.2 cm³/mol. The van der Waals surface area contributed by atoms with Gasteiger partial charge < -0.3 is 4.74 Å². The van der Waals surface area contributed by atoms with Gasteiger partial charge in [-0.15, -0.1) is 0 Å². The monoisotopic (exact) mass is 295 g/mol. The number of ether oxygens (including phenoxy) is 1. The maximum atomic E-state index is 11.8. The molecule has 112 valence electrons. The molecule has 0 aromatic heterocycles. The van der Waals surface area contributed by atoms with E-state index in [1.807, 2.05) is 0 Å². The summed E-state index contributed by atoms with van der Waals surface area (Å²) in [5.41, 5.74) is 4.38. The second kappa shape index (κ2) is 7.10. The van der Waals surface area contributed by atoms with Crippen LogP contribution >= 0.6 is 0 Å². The minimum Gasteiger partial charge on any atom is -0.467 e. The molecule has 1 aromatic carbocycles. The quantitative estimate of drug-likeness (QED) is 0.326. The Bertz CT molecular complexity index is 569. The summed E-state index contributed by atoms with van der Waals surface area (Å²) in [6.45, 7) is 1.16. The SMILES string of the molecule is COC(=O)C(NNC(=O)c1ccc([N+](=O)[O-])cc1)C(C)=O. The van der Waals surface area contributed by atoms with Crippen molar-refractivity contribution in [2.24, 2.45) is 0 Å². The number of carbonyl (C=O) groups is 3. The number of non-ortho nitro benzene ring substituents is 1. The number of nitrogens with one attached hydrogen (secondary N) is 2. The van der Waals surface area contributed by atoms with Crippen LogP contribution in [0.4, 0.5) is 5.69 Å². The Balaban J connectivity index is 2.70. The van der Waals surface area contributed by atoms with Crippen LogP contribution in [0.5, 0.6) is 0 Å². The van der Waals surface area contributed by atoms with E-state index in [4.69, 9.17) is 0 Å². The molecule has 1 amide bonds. The topological polar surface area (TPSA) is 128 Å². The van der Waals surface area contributed by atoms with Crippen LogP contribution in [0, 0.1) is 10.1 Å². The number of hydrogen-bond donors (Lipinski definition) is 2. The number of methoxy groups -OCH3 is 1. The standard InChI is InChI=1S/C12H13N3O6/c1-7(16)10(12(18)21-2)13-14-11(17)8-3-5-9(6-4-8)15(19)20/h3-6,10,13H,1-2H3,(H,14,17). The molecule has 2 N–H and O–H groups in total. The number of nitro groups is 1. The van der Waals surface area contributed by atoms with Gasteiger partial charge in [0.25, 0.3) is 11.6 Å². The second-order valence-corrected chi connectivity index (χ2v) is 3.97. The van der Waals surface area contributed by atoms with Crippen molar-refractivity contribution in [2.75, 3.05) is 7.11 Å². The fourth-order valence-electron chi connectivity index (χ4n) is 1.39. The number of nitro benzene ring substituents is 1. The van der Waals surface area contributed by atoms with E-state index in [0.29, 0.717) is 0 Å². The number of rotatable bonds is 6. The van der Waals surface area contributed by atoms with Gasteiger partial charge in [-0.2, -0.15) is 0 Å². The fourth-order valence-corrected chi connectivity index (χ4v) is 1.39. The lowest BCUT2D eigenvalue weighted by Gasteiger charge is -2.14. The molecule has 1 aromatic rings. The Labute approximate surface area is 119 Å². The Kier molecular flexibility index (Phi) is 5.49. The van der Waals surface area contributed by atoms with E-state index >= 15 is 0 Å². The van der Waals surface area contributed by atoms with Crippen LogP contribution in [0.1, 0.15) is 17.3 Å². The number of amides is 1. The van der Waals surface area contributed by atoms with Crippen LogP contribution in [0.3, 0.4) is 0 Å². The Morgan fingerprint density at radius 3 is 2.24 bits per heavy atom. The second-order valence-electron chi connectivity index (χ2n) is 3.97. The number of nitrogens with zero attached hydrogens (tertiary/aromatic N) is 1. The molecule has 0 heterocycles. The van der Waals surface area contributed by atoms with Gasteiger partial charge in [-0.1, -0.05) is 0 Å². The minimum atomic E-state index is -1.32. The zero-order valence-electron chi connectivity index (χ0n) is 11.3. The Morgan fingerprint density at radius 1 is 1.24 bits per heavy atom. The lowest BCUT2D eigenvalue weighted by molar-refractivity contribution is -0.384. The number of esters is 1. The smallest absolute Gasteiger partial charge is 0.332 e. The van der Waals surface area contributed by atoms with Crippen molar-refractivity contribution in [3.8, 4) is 0 Å². The van der Waals surface area contributed by atoms with Crippen LogP contribution in [-0.2, 0) is 14.3 Å². The molecule has 0 radical (unpaired) electrons. The average molecular weight is 295 g/mol. The largest absolute Gasteiger partial charge is 0.467 e. The first kappa shape index (κ1) is 16.2. The van der Waals surface area contributed by atoms with Crippen LogP contribution in [0.25, 0.3) is 0 Å². The van der Waals surface area contributed by atoms with Gasteiger partial charge in [0.05, 0.1) is 12.0 Å². The predicted octanol–water partition coefficient (Wildman–Crippen LogP) is -0.0402. The van der Waals surface area contributed by atoms with Crippen LogP contribution in [0.2, 0.25) is 0 Å². The molecular formula is C12H13N3O6. The average Bonchev–Trinajstić information content (AvgIpc) is 2.46. The van der Waals surface area contributed by atoms with Crippen molar-refractivity contribution < 1.29 is 24.0 Å². The molecule has 1 atom stereocenters. The number of benzene rings is 1. The highest BCUT2D eigenvalue weighted by Crippen LogP contribution is 2.11. The first-order valence-corrected chi connectivity index (χ1v) is 5.75. The maximum absolute atomic E-state index is 11.8. The van der Waals surface area contributed by atoms with Crippen LogP contribution < -0.4 is 10.9 Å².